The second kappa shape index (κ2) is 4.28. The molecule has 0 atom stereocenters. The number of nitrogens with two attached hydrogens (primary N) is 1. The number of hydrogen-bond donors (Lipinski definition) is 1. The third-order valence-electron chi connectivity index (χ3n) is 1.84. The van der Waals surface area contributed by atoms with E-state index in [9.17, 15) is 26.3 Å². The highest BCUT2D eigenvalue weighted by Gasteiger charge is 2.37. The van der Waals surface area contributed by atoms with Gasteiger partial charge < -0.3 is 5.73 Å². The van der Waals surface area contributed by atoms with E-state index < -0.39 is 41.9 Å². The van der Waals surface area contributed by atoms with Crippen LogP contribution in [0, 0.1) is 5.95 Å². The molecule has 90 valence electrons. The fourth-order valence-corrected chi connectivity index (χ4v) is 1.20. The van der Waals surface area contributed by atoms with E-state index in [2.05, 4.69) is 4.98 Å². The van der Waals surface area contributed by atoms with Gasteiger partial charge in [0.1, 0.15) is 0 Å². The second-order valence-electron chi connectivity index (χ2n) is 2.86. The number of aromatic nitrogens is 1. The Bertz CT molecular complexity index is 387. The van der Waals surface area contributed by atoms with Crippen molar-refractivity contribution in [3.8, 4) is 0 Å². The maximum absolute atomic E-state index is 12.6. The number of pyridine rings is 1. The molecule has 0 aliphatic rings. The monoisotopic (exact) mass is 244 g/mol. The zero-order chi connectivity index (χ0) is 12.5. The molecular formula is C8H6F6N2. The molecule has 8 heteroatoms. The summed E-state index contributed by atoms with van der Waals surface area (Å²) in [5, 5.41) is 0. The standard InChI is InChI=1S/C8H6F6N2/c9-5-1-3(7(10)11)4(2-15)6(16-5)8(12,13)14/h1,7H,2,15H2. The quantitative estimate of drug-likeness (QED) is 0.641. The highest BCUT2D eigenvalue weighted by atomic mass is 19.4. The topological polar surface area (TPSA) is 38.9 Å². The van der Waals surface area contributed by atoms with E-state index in [4.69, 9.17) is 5.73 Å². The summed E-state index contributed by atoms with van der Waals surface area (Å²) in [4.78, 5) is 2.55. The smallest absolute Gasteiger partial charge is 0.326 e. The molecular weight excluding hydrogens is 238 g/mol. The van der Waals surface area contributed by atoms with Gasteiger partial charge in [-0.05, 0) is 0 Å². The van der Waals surface area contributed by atoms with E-state index >= 15 is 0 Å². The van der Waals surface area contributed by atoms with E-state index in [1.165, 1.54) is 0 Å². The van der Waals surface area contributed by atoms with E-state index in [0.29, 0.717) is 0 Å². The highest BCUT2D eigenvalue weighted by Crippen LogP contribution is 2.34. The number of rotatable bonds is 2. The molecule has 16 heavy (non-hydrogen) atoms. The summed E-state index contributed by atoms with van der Waals surface area (Å²) >= 11 is 0. The fraction of sp³-hybridized carbons (Fsp3) is 0.375. The molecule has 0 amide bonds. The highest BCUT2D eigenvalue weighted by molar-refractivity contribution is 5.33. The van der Waals surface area contributed by atoms with Crippen LogP contribution in [0.1, 0.15) is 23.2 Å². The van der Waals surface area contributed by atoms with E-state index in [1.807, 2.05) is 0 Å². The maximum atomic E-state index is 12.6. The van der Waals surface area contributed by atoms with Crippen LogP contribution in [-0.2, 0) is 12.7 Å². The molecule has 0 fully saturated rings. The molecule has 0 aliphatic carbocycles. The molecule has 0 saturated carbocycles. The van der Waals surface area contributed by atoms with Gasteiger partial charge in [-0.25, -0.2) is 13.8 Å². The van der Waals surface area contributed by atoms with Crippen LogP contribution in [0.5, 0.6) is 0 Å². The summed E-state index contributed by atoms with van der Waals surface area (Å²) in [6, 6.07) is 0.252. The lowest BCUT2D eigenvalue weighted by Crippen LogP contribution is -2.18. The lowest BCUT2D eigenvalue weighted by molar-refractivity contribution is -0.142. The molecule has 1 heterocycles. The molecule has 0 bridgehead atoms. The van der Waals surface area contributed by atoms with Gasteiger partial charge in [0.15, 0.2) is 5.69 Å². The van der Waals surface area contributed by atoms with Gasteiger partial charge >= 0.3 is 6.18 Å². The van der Waals surface area contributed by atoms with Gasteiger partial charge in [-0.15, -0.1) is 0 Å². The van der Waals surface area contributed by atoms with Crippen LogP contribution in [0.25, 0.3) is 0 Å². The van der Waals surface area contributed by atoms with Crippen molar-refractivity contribution in [2.75, 3.05) is 0 Å². The number of alkyl halides is 5. The number of halogens is 6. The van der Waals surface area contributed by atoms with Crippen molar-refractivity contribution >= 4 is 0 Å². The summed E-state index contributed by atoms with van der Waals surface area (Å²) in [6.45, 7) is -0.790. The molecule has 0 spiro atoms. The van der Waals surface area contributed by atoms with E-state index in [0.717, 1.165) is 0 Å². The van der Waals surface area contributed by atoms with Crippen molar-refractivity contribution in [2.24, 2.45) is 5.73 Å². The fourth-order valence-electron chi connectivity index (χ4n) is 1.20. The Labute approximate surface area is 86.1 Å². The van der Waals surface area contributed by atoms with Gasteiger partial charge in [0.2, 0.25) is 5.95 Å². The van der Waals surface area contributed by atoms with Crippen LogP contribution < -0.4 is 5.73 Å². The minimum absolute atomic E-state index is 0.252. The Kier molecular flexibility index (Phi) is 3.41. The summed E-state index contributed by atoms with van der Waals surface area (Å²) in [5.74, 6) is -1.61. The Morgan fingerprint density at radius 1 is 1.31 bits per heavy atom. The van der Waals surface area contributed by atoms with Crippen LogP contribution >= 0.6 is 0 Å². The molecule has 1 aromatic rings. The first-order valence-corrected chi connectivity index (χ1v) is 4.02. The summed E-state index contributed by atoms with van der Waals surface area (Å²) in [7, 11) is 0. The Balaban J connectivity index is 3.49. The molecule has 0 saturated heterocycles. The SMILES string of the molecule is NCc1c(C(F)F)cc(F)nc1C(F)(F)F. The first-order chi connectivity index (χ1) is 7.27. The number of nitrogens with zero attached hydrogens (tertiary/aromatic N) is 1. The minimum atomic E-state index is -5.01. The minimum Gasteiger partial charge on any atom is -0.326 e. The zero-order valence-corrected chi connectivity index (χ0v) is 7.65. The number of hydrogen-bond acceptors (Lipinski definition) is 2. The van der Waals surface area contributed by atoms with E-state index in [1.54, 1.807) is 0 Å². The van der Waals surface area contributed by atoms with Crippen LogP contribution in [0.3, 0.4) is 0 Å². The largest absolute Gasteiger partial charge is 0.433 e. The summed E-state index contributed by atoms with van der Waals surface area (Å²) in [6.07, 6.45) is -8.25. The Hall–Kier alpha value is -1.31. The van der Waals surface area contributed by atoms with Gasteiger partial charge in [0.25, 0.3) is 6.43 Å². The van der Waals surface area contributed by atoms with Gasteiger partial charge in [0.05, 0.1) is 0 Å². The lowest BCUT2D eigenvalue weighted by Gasteiger charge is -2.14. The molecule has 1 aromatic heterocycles. The zero-order valence-electron chi connectivity index (χ0n) is 7.65. The van der Waals surface area contributed by atoms with Crippen LogP contribution in [0.15, 0.2) is 6.07 Å². The van der Waals surface area contributed by atoms with Crippen molar-refractivity contribution in [1.29, 1.82) is 0 Å². The average molecular weight is 244 g/mol. The Morgan fingerprint density at radius 2 is 1.88 bits per heavy atom. The molecule has 0 aliphatic heterocycles. The summed E-state index contributed by atoms with van der Waals surface area (Å²) < 4.78 is 74.3. The lowest BCUT2D eigenvalue weighted by atomic mass is 10.1. The van der Waals surface area contributed by atoms with Crippen molar-refractivity contribution in [3.63, 3.8) is 0 Å². The first-order valence-electron chi connectivity index (χ1n) is 4.02. The summed E-state index contributed by atoms with van der Waals surface area (Å²) in [5.41, 5.74) is 1.27. The maximum Gasteiger partial charge on any atom is 0.433 e. The average Bonchev–Trinajstić information content (AvgIpc) is 2.14. The van der Waals surface area contributed by atoms with Crippen molar-refractivity contribution in [3.05, 3.63) is 28.8 Å². The van der Waals surface area contributed by atoms with Crippen molar-refractivity contribution < 1.29 is 26.3 Å². The van der Waals surface area contributed by atoms with Crippen LogP contribution in [0.2, 0.25) is 0 Å². The van der Waals surface area contributed by atoms with E-state index in [-0.39, 0.29) is 6.07 Å². The predicted molar refractivity (Wildman–Crippen MR) is 42.0 cm³/mol. The molecule has 0 unspecified atom stereocenters. The predicted octanol–water partition coefficient (Wildman–Crippen LogP) is 2.64. The van der Waals surface area contributed by atoms with Crippen LogP contribution in [0.4, 0.5) is 26.3 Å². The van der Waals surface area contributed by atoms with Gasteiger partial charge in [-0.2, -0.15) is 17.6 Å². The molecule has 1 rings (SSSR count). The van der Waals surface area contributed by atoms with Gasteiger partial charge in [-0.1, -0.05) is 0 Å². The van der Waals surface area contributed by atoms with Crippen molar-refractivity contribution in [2.45, 2.75) is 19.1 Å². The first kappa shape index (κ1) is 12.8. The molecule has 0 aromatic carbocycles. The molecule has 0 radical (unpaired) electrons. The van der Waals surface area contributed by atoms with Gasteiger partial charge in [0, 0.05) is 23.7 Å². The second-order valence-corrected chi connectivity index (χ2v) is 2.86. The molecule has 2 nitrogen and oxygen atoms in total. The normalized spacial score (nSPS) is 12.2. The Morgan fingerprint density at radius 3 is 2.25 bits per heavy atom. The van der Waals surface area contributed by atoms with Crippen LogP contribution in [-0.4, -0.2) is 4.98 Å². The molecule has 2 N–H and O–H groups in total. The third kappa shape index (κ3) is 2.43. The third-order valence-corrected chi connectivity index (χ3v) is 1.84. The van der Waals surface area contributed by atoms with Gasteiger partial charge in [-0.3, -0.25) is 0 Å². The van der Waals surface area contributed by atoms with Crippen molar-refractivity contribution in [1.82, 2.24) is 4.98 Å².